The Morgan fingerprint density at radius 2 is 2.05 bits per heavy atom. The summed E-state index contributed by atoms with van der Waals surface area (Å²) in [6, 6.07) is 4.38. The van der Waals surface area contributed by atoms with Crippen LogP contribution in [0.3, 0.4) is 0 Å². The fourth-order valence-corrected chi connectivity index (χ4v) is 3.32. The largest absolute Gasteiger partial charge is 0.466 e. The zero-order valence-corrected chi connectivity index (χ0v) is 12.5. The molecule has 1 aromatic rings. The summed E-state index contributed by atoms with van der Waals surface area (Å²) >= 11 is 0. The minimum Gasteiger partial charge on any atom is -0.466 e. The molecule has 0 unspecified atom stereocenters. The molecule has 0 N–H and O–H groups in total. The predicted molar refractivity (Wildman–Crippen MR) is 77.4 cm³/mol. The molecule has 0 fully saturated rings. The van der Waals surface area contributed by atoms with Gasteiger partial charge in [0.1, 0.15) is 0 Å². The maximum Gasteiger partial charge on any atom is 0.309 e. The molecule has 104 valence electrons. The molecule has 1 aliphatic rings. The van der Waals surface area contributed by atoms with E-state index in [0.717, 1.165) is 12.8 Å². The van der Waals surface area contributed by atoms with E-state index < -0.39 is 0 Å². The minimum absolute atomic E-state index is 0.0421. The van der Waals surface area contributed by atoms with E-state index >= 15 is 0 Å². The minimum atomic E-state index is -0.0544. The van der Waals surface area contributed by atoms with E-state index in [1.54, 1.807) is 0 Å². The Morgan fingerprint density at radius 3 is 2.74 bits per heavy atom. The van der Waals surface area contributed by atoms with Gasteiger partial charge in [0, 0.05) is 0 Å². The molecule has 0 aliphatic heterocycles. The molecule has 0 amide bonds. The number of fused-ring (bicyclic) bond motifs is 1. The van der Waals surface area contributed by atoms with Gasteiger partial charge in [0.25, 0.3) is 0 Å². The van der Waals surface area contributed by atoms with Crippen LogP contribution in [-0.2, 0) is 16.0 Å². The van der Waals surface area contributed by atoms with Crippen molar-refractivity contribution < 1.29 is 9.53 Å². The number of carbonyl (C=O) groups excluding carboxylic acids is 1. The Labute approximate surface area is 116 Å². The molecule has 0 saturated heterocycles. The lowest BCUT2D eigenvalue weighted by Crippen LogP contribution is -2.26. The maximum absolute atomic E-state index is 12.0. The molecule has 2 rings (SSSR count). The molecule has 0 radical (unpaired) electrons. The molecule has 1 aliphatic carbocycles. The average molecular weight is 260 g/mol. The van der Waals surface area contributed by atoms with E-state index in [9.17, 15) is 4.79 Å². The Balaban J connectivity index is 2.37. The first-order valence-corrected chi connectivity index (χ1v) is 7.31. The molecule has 0 bridgehead atoms. The monoisotopic (exact) mass is 260 g/mol. The number of aryl methyl sites for hydroxylation is 2. The van der Waals surface area contributed by atoms with Crippen LogP contribution in [0.1, 0.15) is 54.9 Å². The van der Waals surface area contributed by atoms with Gasteiger partial charge in [0.2, 0.25) is 0 Å². The molecular weight excluding hydrogens is 236 g/mol. The maximum atomic E-state index is 12.0. The lowest BCUT2D eigenvalue weighted by atomic mass is 9.73. The van der Waals surface area contributed by atoms with Crippen LogP contribution in [0.5, 0.6) is 0 Å². The summed E-state index contributed by atoms with van der Waals surface area (Å²) in [6.45, 7) is 8.69. The Kier molecular flexibility index (Phi) is 4.28. The van der Waals surface area contributed by atoms with Crippen LogP contribution >= 0.6 is 0 Å². The van der Waals surface area contributed by atoms with E-state index in [2.05, 4.69) is 26.0 Å². The quantitative estimate of drug-likeness (QED) is 0.770. The summed E-state index contributed by atoms with van der Waals surface area (Å²) in [5.74, 6) is 0.225. The molecule has 0 saturated carbocycles. The van der Waals surface area contributed by atoms with Crippen LogP contribution in [0.15, 0.2) is 12.1 Å². The molecule has 0 aromatic heterocycles. The van der Waals surface area contributed by atoms with E-state index in [1.807, 2.05) is 13.8 Å². The highest BCUT2D eigenvalue weighted by Crippen LogP contribution is 2.40. The second kappa shape index (κ2) is 5.77. The average Bonchev–Trinajstić information content (AvgIpc) is 2.42. The fraction of sp³-hybridized carbons (Fsp3) is 0.588. The van der Waals surface area contributed by atoms with Gasteiger partial charge in [-0.3, -0.25) is 4.79 Å². The van der Waals surface area contributed by atoms with Crippen LogP contribution < -0.4 is 0 Å². The van der Waals surface area contributed by atoms with Crippen LogP contribution in [0.2, 0.25) is 0 Å². The van der Waals surface area contributed by atoms with Crippen molar-refractivity contribution >= 4 is 5.97 Å². The number of carbonyl (C=O) groups is 1. The van der Waals surface area contributed by atoms with Crippen molar-refractivity contribution in [3.63, 3.8) is 0 Å². The zero-order valence-electron chi connectivity index (χ0n) is 12.5. The smallest absolute Gasteiger partial charge is 0.309 e. The third kappa shape index (κ3) is 2.68. The molecule has 2 heteroatoms. The van der Waals surface area contributed by atoms with E-state index in [0.29, 0.717) is 12.5 Å². The Morgan fingerprint density at radius 1 is 1.37 bits per heavy atom. The third-order valence-electron chi connectivity index (χ3n) is 4.38. The van der Waals surface area contributed by atoms with Gasteiger partial charge in [-0.1, -0.05) is 19.1 Å². The molecule has 0 spiro atoms. The van der Waals surface area contributed by atoms with Gasteiger partial charge in [-0.15, -0.1) is 0 Å². The lowest BCUT2D eigenvalue weighted by molar-refractivity contribution is -0.148. The number of esters is 1. The molecule has 19 heavy (non-hydrogen) atoms. The zero-order chi connectivity index (χ0) is 14.0. The van der Waals surface area contributed by atoms with Gasteiger partial charge in [-0.25, -0.2) is 0 Å². The highest BCUT2D eigenvalue weighted by Gasteiger charge is 2.31. The van der Waals surface area contributed by atoms with Crippen molar-refractivity contribution in [2.45, 2.75) is 52.9 Å². The number of benzene rings is 1. The van der Waals surface area contributed by atoms with Gasteiger partial charge < -0.3 is 4.74 Å². The van der Waals surface area contributed by atoms with Gasteiger partial charge in [0.05, 0.1) is 12.5 Å². The second-order valence-electron chi connectivity index (χ2n) is 5.63. The number of rotatable bonds is 3. The number of ether oxygens (including phenoxy) is 1. The number of hydrogen-bond donors (Lipinski definition) is 0. The van der Waals surface area contributed by atoms with Gasteiger partial charge in [0.15, 0.2) is 0 Å². The first-order valence-electron chi connectivity index (χ1n) is 7.31. The molecule has 1 aromatic carbocycles. The highest BCUT2D eigenvalue weighted by atomic mass is 16.5. The predicted octanol–water partition coefficient (Wildman–Crippen LogP) is 3.92. The standard InChI is InChI=1S/C17H24O2/c1-5-19-17(18)13(4)15-8-6-7-14-11(2)9-10-12(3)16(14)15/h9-10,13,15H,5-8H2,1-4H3/t13-,15-/m0/s1. The Hall–Kier alpha value is -1.31. The topological polar surface area (TPSA) is 26.3 Å². The van der Waals surface area contributed by atoms with Crippen molar-refractivity contribution in [2.75, 3.05) is 6.61 Å². The first-order chi connectivity index (χ1) is 9.06. The van der Waals surface area contributed by atoms with Crippen LogP contribution in [0.25, 0.3) is 0 Å². The van der Waals surface area contributed by atoms with Crippen molar-refractivity contribution in [3.8, 4) is 0 Å². The SMILES string of the molecule is CCOC(=O)[C@@H](C)[C@@H]1CCCc2c(C)ccc(C)c21. The summed E-state index contributed by atoms with van der Waals surface area (Å²) in [4.78, 5) is 12.0. The second-order valence-corrected chi connectivity index (χ2v) is 5.63. The Bertz CT molecular complexity index is 476. The molecule has 2 nitrogen and oxygen atoms in total. The van der Waals surface area contributed by atoms with Crippen molar-refractivity contribution in [3.05, 3.63) is 34.4 Å². The van der Waals surface area contributed by atoms with Gasteiger partial charge in [-0.05, 0) is 68.2 Å². The molecule has 0 heterocycles. The van der Waals surface area contributed by atoms with Crippen LogP contribution in [0, 0.1) is 19.8 Å². The normalized spacial score (nSPS) is 19.7. The van der Waals surface area contributed by atoms with E-state index in [-0.39, 0.29) is 11.9 Å². The fourth-order valence-electron chi connectivity index (χ4n) is 3.32. The lowest BCUT2D eigenvalue weighted by Gasteiger charge is -2.31. The summed E-state index contributed by atoms with van der Waals surface area (Å²) in [5, 5.41) is 0. The van der Waals surface area contributed by atoms with E-state index in [4.69, 9.17) is 4.74 Å². The summed E-state index contributed by atoms with van der Waals surface area (Å²) < 4.78 is 5.20. The first kappa shape index (κ1) is 14.1. The van der Waals surface area contributed by atoms with Crippen molar-refractivity contribution in [1.82, 2.24) is 0 Å². The van der Waals surface area contributed by atoms with Crippen LogP contribution in [-0.4, -0.2) is 12.6 Å². The van der Waals surface area contributed by atoms with Crippen molar-refractivity contribution in [1.29, 1.82) is 0 Å². The van der Waals surface area contributed by atoms with Crippen molar-refractivity contribution in [2.24, 2.45) is 5.92 Å². The summed E-state index contributed by atoms with van der Waals surface area (Å²) in [5.41, 5.74) is 5.56. The molecular formula is C17H24O2. The van der Waals surface area contributed by atoms with Gasteiger partial charge >= 0.3 is 5.97 Å². The van der Waals surface area contributed by atoms with Gasteiger partial charge in [-0.2, -0.15) is 0 Å². The third-order valence-corrected chi connectivity index (χ3v) is 4.38. The number of hydrogen-bond acceptors (Lipinski definition) is 2. The molecule has 2 atom stereocenters. The summed E-state index contributed by atoms with van der Waals surface area (Å²) in [7, 11) is 0. The summed E-state index contributed by atoms with van der Waals surface area (Å²) in [6.07, 6.45) is 3.41. The van der Waals surface area contributed by atoms with E-state index in [1.165, 1.54) is 28.7 Å². The highest BCUT2D eigenvalue weighted by molar-refractivity contribution is 5.73. The van der Waals surface area contributed by atoms with Crippen LogP contribution in [0.4, 0.5) is 0 Å².